The number of aryl methyl sites for hydroxylation is 10. The number of carboxylic acid groups (broad SMARTS) is 1. The number of ether oxygens (including phenoxy) is 13. The molecular weight excluding hydrogens is 1770 g/mol. The fourth-order valence-corrected chi connectivity index (χ4v) is 21.0. The van der Waals surface area contributed by atoms with Gasteiger partial charge in [0, 0.05) is 27.8 Å². The molecule has 5 heterocycles. The molecule has 0 aromatic heterocycles. The Balaban J connectivity index is 0.000000117. The highest BCUT2D eigenvalue weighted by Crippen LogP contribution is 2.56. The van der Waals surface area contributed by atoms with Gasteiger partial charge in [-0.15, -0.1) is 0 Å². The van der Waals surface area contributed by atoms with Gasteiger partial charge in [-0.25, -0.2) is 24.0 Å². The number of carboxylic acids is 1. The molecule has 5 aliphatic heterocycles. The smallest absolute Gasteiger partial charge is 0.351 e. The van der Waals surface area contributed by atoms with Crippen molar-refractivity contribution in [3.8, 4) is 84.4 Å². The lowest BCUT2D eigenvalue weighted by Gasteiger charge is -2.30. The quantitative estimate of drug-likeness (QED) is 0.0276. The van der Waals surface area contributed by atoms with E-state index in [9.17, 15) is 34.2 Å². The summed E-state index contributed by atoms with van der Waals surface area (Å²) in [6.45, 7) is 23.5. The molecular formula is C121H136O20. The Labute approximate surface area is 829 Å². The lowest BCUT2D eigenvalue weighted by molar-refractivity contribution is -0.164. The van der Waals surface area contributed by atoms with Crippen LogP contribution in [0.15, 0.2) is 165 Å². The average molecular weight is 1910 g/mol. The Morgan fingerprint density at radius 3 is 0.844 bits per heavy atom. The van der Waals surface area contributed by atoms with Crippen molar-refractivity contribution in [1.82, 2.24) is 0 Å². The fourth-order valence-electron chi connectivity index (χ4n) is 21.0. The Bertz CT molecular complexity index is 6340. The zero-order valence-electron chi connectivity index (χ0n) is 83.9. The predicted octanol–water partition coefficient (Wildman–Crippen LogP) is 25.6. The minimum absolute atomic E-state index is 0.0786. The molecule has 7 fully saturated rings. The van der Waals surface area contributed by atoms with Gasteiger partial charge in [-0.05, 0) is 439 Å². The van der Waals surface area contributed by atoms with E-state index < -0.39 is 54.0 Å². The van der Waals surface area contributed by atoms with Gasteiger partial charge in [-0.1, -0.05) is 97.6 Å². The van der Waals surface area contributed by atoms with Crippen LogP contribution in [0.4, 0.5) is 0 Å². The third kappa shape index (κ3) is 22.9. The van der Waals surface area contributed by atoms with Gasteiger partial charge in [0.15, 0.2) is 24.4 Å². The van der Waals surface area contributed by atoms with Crippen molar-refractivity contribution in [1.29, 1.82) is 0 Å². The van der Waals surface area contributed by atoms with Crippen LogP contribution in [0, 0.1) is 34.6 Å². The fraction of sp³-hybridized carbons (Fsp3) is 0.446. The number of carbonyl (C=O) groups excluding carboxylic acids is 4. The summed E-state index contributed by atoms with van der Waals surface area (Å²) in [6.07, 6.45) is 23.0. The van der Waals surface area contributed by atoms with Crippen LogP contribution in [-0.4, -0.2) is 119 Å². The Kier molecular flexibility index (Phi) is 30.5. The molecule has 0 bridgehead atoms. The number of aliphatic hydroxyl groups is 1. The number of aliphatic hydroxyl groups excluding tert-OH is 1. The molecule has 12 aliphatic rings. The molecule has 740 valence electrons. The maximum atomic E-state index is 12.9. The lowest BCUT2D eigenvalue weighted by Crippen LogP contribution is -2.29. The molecule has 22 rings (SSSR count). The molecule has 0 saturated heterocycles. The monoisotopic (exact) mass is 1910 g/mol. The van der Waals surface area contributed by atoms with Crippen LogP contribution in [0.2, 0.25) is 0 Å². The second-order valence-corrected chi connectivity index (χ2v) is 41.1. The molecule has 10 aromatic carbocycles. The number of fused-ring (bicyclic) bond motifs is 5. The highest BCUT2D eigenvalue weighted by molar-refractivity contribution is 5.90. The van der Waals surface area contributed by atoms with E-state index in [1.807, 2.05) is 71.9 Å². The number of aliphatic carboxylic acids is 1. The first-order chi connectivity index (χ1) is 68.3. The SMILES string of the molecule is C=CO[C@H](C(=O)OC)c1c(C)ccc(C2CC2)c1-c1ccc2c(c1)CCCO2.COC(=O)[C@@H](O)c1c(C)ccc(C2CC2)c1-c1ccc2c(c1)CCCO2.COC(=O)[C@@H](OC(C)(C)C)c1c(C)ccc(C2CC2)c1-c1ccc2c(c1)CCCO2.COC(=O)[C@@H](OC1CC1)c1c(C)ccc(C2CC2)c1-c1ccc2c(c1)CCCO2.Cc1ccc(C2CC2)c(-c2ccc3c(c2)CCCO3)c1[C@H](OC1CC1)C(=O)O. The van der Waals surface area contributed by atoms with E-state index in [2.05, 4.69) is 142 Å². The van der Waals surface area contributed by atoms with Crippen molar-refractivity contribution >= 4 is 29.8 Å². The van der Waals surface area contributed by atoms with Crippen molar-refractivity contribution in [2.24, 2.45) is 0 Å². The van der Waals surface area contributed by atoms with Crippen LogP contribution in [0.5, 0.6) is 28.7 Å². The number of methoxy groups -OCH3 is 4. The van der Waals surface area contributed by atoms with E-state index >= 15 is 0 Å². The second kappa shape index (κ2) is 43.4. The summed E-state index contributed by atoms with van der Waals surface area (Å²) < 4.78 is 73.3. The third-order valence-electron chi connectivity index (χ3n) is 29.2. The zero-order valence-corrected chi connectivity index (χ0v) is 83.9. The van der Waals surface area contributed by atoms with E-state index in [0.717, 1.165) is 270 Å². The molecule has 7 saturated carbocycles. The number of carbonyl (C=O) groups is 5. The third-order valence-corrected chi connectivity index (χ3v) is 29.2. The predicted molar refractivity (Wildman–Crippen MR) is 544 cm³/mol. The van der Waals surface area contributed by atoms with Gasteiger partial charge >= 0.3 is 29.8 Å². The first kappa shape index (κ1) is 99.1. The Hall–Kier alpha value is -12.1. The first-order valence-corrected chi connectivity index (χ1v) is 51.2. The van der Waals surface area contributed by atoms with Gasteiger partial charge < -0.3 is 71.8 Å². The number of esters is 4. The van der Waals surface area contributed by atoms with E-state index in [1.165, 1.54) is 142 Å². The molecule has 0 radical (unpaired) electrons. The molecule has 2 N–H and O–H groups in total. The van der Waals surface area contributed by atoms with Crippen molar-refractivity contribution in [2.75, 3.05) is 61.5 Å². The van der Waals surface area contributed by atoms with Gasteiger partial charge in [0.25, 0.3) is 0 Å². The Morgan fingerprint density at radius 2 is 0.582 bits per heavy atom. The standard InChI is InChI=1S/C26H32O4.C25H28O4.2C24H26O4.C22H24O4/c1-16-8-12-20(17-9-10-17)23(19-11-13-21-18(15-19)7-6-14-29-21)22(16)24(25(27)28-5)30-26(2,3)4;1-15-5-11-20(16-6-7-16)23(18-8-12-21-17(14-18)4-3-13-28-21)22(15)24(25(26)27-2)29-19-9-10-19;1-14-4-10-19(15-5-6-15)22(21(14)23(24(25)26)28-18-8-9-18)17-7-11-20-16(13-17)3-2-12-27-20;1-4-27-23(24(25)26-3)21-15(2)7-11-19(16-8-9-16)22(21)18-10-12-20-17(14-18)6-5-13-28-20;1-13-5-9-17(14-6-7-14)20(19(13)21(23)22(24)25-2)16-8-10-18-15(12-16)4-3-11-26-18/h8,11-13,15,17,24H,6-7,9-10,14H2,1-5H3;5,8,11-12,14,16,19,24H,3-4,6-7,9-10,13H2,1-2H3;4,7,10-11,13,15,18,23H,2-3,5-6,8-9,12H2,1H3,(H,25,26);4,7,10-12,14,16,23H,1,5-6,8-9,13H2,2-3H3;5,8-10,12,14,21,23H,3-4,6-7,11H2,1-2H3/t2*24-;2*23-;21-/m00000/s1. The topological polar surface area (TPSA) is 246 Å². The van der Waals surface area contributed by atoms with Crippen molar-refractivity contribution < 1.29 is 95.8 Å². The number of hydrogen-bond donors (Lipinski definition) is 2. The molecule has 20 heteroatoms. The summed E-state index contributed by atoms with van der Waals surface area (Å²) in [4.78, 5) is 62.5. The second-order valence-electron chi connectivity index (χ2n) is 41.1. The molecule has 0 spiro atoms. The molecule has 5 atom stereocenters. The Morgan fingerprint density at radius 1 is 0.333 bits per heavy atom. The molecule has 10 aromatic rings. The van der Waals surface area contributed by atoms with E-state index in [-0.39, 0.29) is 24.1 Å². The van der Waals surface area contributed by atoms with Crippen molar-refractivity contribution in [3.63, 3.8) is 0 Å². The first-order valence-electron chi connectivity index (χ1n) is 51.2. The van der Waals surface area contributed by atoms with Crippen molar-refractivity contribution in [3.05, 3.63) is 276 Å². The minimum atomic E-state index is -1.28. The molecule has 0 amide bonds. The summed E-state index contributed by atoms with van der Waals surface area (Å²) in [7, 11) is 5.57. The number of hydrogen-bond acceptors (Lipinski definition) is 19. The highest BCUT2D eigenvalue weighted by atomic mass is 16.6. The van der Waals surface area contributed by atoms with Gasteiger partial charge in [0.05, 0.1) is 85.5 Å². The zero-order chi connectivity index (χ0) is 98.6. The van der Waals surface area contributed by atoms with Gasteiger partial charge in [0.1, 0.15) is 28.7 Å². The molecule has 141 heavy (non-hydrogen) atoms. The summed E-state index contributed by atoms with van der Waals surface area (Å²) in [5, 5.41) is 20.7. The molecule has 7 aliphatic carbocycles. The average Bonchev–Trinajstić information content (AvgIpc) is 1.13. The van der Waals surface area contributed by atoms with E-state index in [4.69, 9.17) is 61.6 Å². The van der Waals surface area contributed by atoms with Crippen LogP contribution < -0.4 is 23.7 Å². The lowest BCUT2D eigenvalue weighted by atomic mass is 9.85. The van der Waals surface area contributed by atoms with Gasteiger partial charge in [-0.3, -0.25) is 0 Å². The van der Waals surface area contributed by atoms with Gasteiger partial charge in [-0.2, -0.15) is 0 Å². The molecule has 20 nitrogen and oxygen atoms in total. The highest BCUT2D eigenvalue weighted by Gasteiger charge is 2.43. The largest absolute Gasteiger partial charge is 0.493 e. The van der Waals surface area contributed by atoms with Crippen LogP contribution in [0.25, 0.3) is 55.6 Å². The summed E-state index contributed by atoms with van der Waals surface area (Å²) in [5.74, 6) is 4.88. The summed E-state index contributed by atoms with van der Waals surface area (Å²) in [6, 6.07) is 53.2. The van der Waals surface area contributed by atoms with Gasteiger partial charge in [0.2, 0.25) is 6.10 Å². The summed E-state index contributed by atoms with van der Waals surface area (Å²) in [5.41, 5.74) is 32.3. The van der Waals surface area contributed by atoms with E-state index in [0.29, 0.717) is 35.2 Å². The maximum absolute atomic E-state index is 12.9. The normalized spacial score (nSPS) is 17.9. The maximum Gasteiger partial charge on any atom is 0.351 e. The van der Waals surface area contributed by atoms with E-state index in [1.54, 1.807) is 0 Å². The molecule has 0 unspecified atom stereocenters. The number of benzene rings is 10. The van der Waals surface area contributed by atoms with Crippen molar-refractivity contribution in [2.45, 2.75) is 287 Å². The number of rotatable bonds is 27. The van der Waals surface area contributed by atoms with Crippen LogP contribution in [-0.2, 0) is 94.0 Å². The van der Waals surface area contributed by atoms with Crippen LogP contribution in [0.1, 0.15) is 314 Å². The van der Waals surface area contributed by atoms with Crippen LogP contribution in [0.3, 0.4) is 0 Å². The van der Waals surface area contributed by atoms with Crippen LogP contribution >= 0.6 is 0 Å². The minimum Gasteiger partial charge on any atom is -0.493 e. The summed E-state index contributed by atoms with van der Waals surface area (Å²) >= 11 is 0.